The minimum absolute atomic E-state index is 0.0938. The Morgan fingerprint density at radius 3 is 2.21 bits per heavy atom. The maximum atomic E-state index is 14.1. The van der Waals surface area contributed by atoms with Crippen LogP contribution in [0.25, 0.3) is 0 Å². The van der Waals surface area contributed by atoms with Crippen molar-refractivity contribution in [1.82, 2.24) is 9.47 Å². The number of carbonyl (C=O) groups excluding carboxylic acids is 3. The summed E-state index contributed by atoms with van der Waals surface area (Å²) in [4.78, 5) is 68.6. The van der Waals surface area contributed by atoms with Gasteiger partial charge >= 0.3 is 4.87 Å². The number of amides is 3. The molecule has 43 heavy (non-hydrogen) atoms. The number of fused-ring (bicyclic) bond motifs is 2. The van der Waals surface area contributed by atoms with Gasteiger partial charge in [0.25, 0.3) is 5.69 Å². The van der Waals surface area contributed by atoms with Crippen LogP contribution in [0, 0.1) is 16.0 Å². The van der Waals surface area contributed by atoms with E-state index >= 15 is 0 Å². The summed E-state index contributed by atoms with van der Waals surface area (Å²) in [5.41, 5.74) is 1.95. The summed E-state index contributed by atoms with van der Waals surface area (Å²) in [6.45, 7) is 7.55. The number of nitro groups is 1. The van der Waals surface area contributed by atoms with Crippen molar-refractivity contribution in [3.05, 3.63) is 84.3 Å². The fourth-order valence-electron chi connectivity index (χ4n) is 6.16. The number of anilines is 1. The zero-order valence-corrected chi connectivity index (χ0v) is 25.8. The second-order valence-electron chi connectivity index (χ2n) is 12.3. The highest BCUT2D eigenvalue weighted by molar-refractivity contribution is 8.00. The fourth-order valence-corrected chi connectivity index (χ4v) is 8.93. The van der Waals surface area contributed by atoms with E-state index in [2.05, 4.69) is 20.8 Å². The summed E-state index contributed by atoms with van der Waals surface area (Å²) < 4.78 is 1.47. The number of nitrogens with zero attached hydrogens (tertiary/aromatic N) is 4. The van der Waals surface area contributed by atoms with Crippen LogP contribution in [0.4, 0.5) is 11.4 Å². The van der Waals surface area contributed by atoms with Crippen molar-refractivity contribution in [1.29, 1.82) is 0 Å². The van der Waals surface area contributed by atoms with E-state index in [0.29, 0.717) is 23.0 Å². The van der Waals surface area contributed by atoms with Crippen molar-refractivity contribution < 1.29 is 19.3 Å². The second-order valence-corrected chi connectivity index (χ2v) is 14.4. The molecule has 6 rings (SSSR count). The summed E-state index contributed by atoms with van der Waals surface area (Å²) in [5.74, 6) is -2.34. The quantitative estimate of drug-likeness (QED) is 0.225. The molecule has 0 bridgehead atoms. The van der Waals surface area contributed by atoms with Gasteiger partial charge in [0, 0.05) is 36.0 Å². The molecular formula is C31H32N4O6S2. The first-order valence-electron chi connectivity index (χ1n) is 14.4. The Morgan fingerprint density at radius 2 is 1.60 bits per heavy atom. The van der Waals surface area contributed by atoms with Crippen LogP contribution in [0.3, 0.4) is 0 Å². The average Bonchev–Trinajstić information content (AvgIpc) is 3.43. The number of likely N-dealkylation sites (tertiary alicyclic amines) is 1. The predicted molar refractivity (Wildman–Crippen MR) is 165 cm³/mol. The second kappa shape index (κ2) is 11.1. The molecule has 2 saturated heterocycles. The molecule has 3 aliphatic rings. The molecule has 4 heterocycles. The Hall–Kier alpha value is -3.77. The highest BCUT2D eigenvalue weighted by Crippen LogP contribution is 2.54. The maximum Gasteiger partial charge on any atom is 0.308 e. The van der Waals surface area contributed by atoms with E-state index in [0.717, 1.165) is 46.6 Å². The van der Waals surface area contributed by atoms with E-state index in [1.165, 1.54) is 40.6 Å². The molecule has 0 saturated carbocycles. The molecule has 10 nitrogen and oxygen atoms in total. The van der Waals surface area contributed by atoms with Gasteiger partial charge in [-0.1, -0.05) is 68.1 Å². The largest absolute Gasteiger partial charge is 0.341 e. The highest BCUT2D eigenvalue weighted by Gasteiger charge is 2.57. The van der Waals surface area contributed by atoms with Gasteiger partial charge in [0.05, 0.1) is 21.6 Å². The van der Waals surface area contributed by atoms with Crippen LogP contribution < -0.4 is 9.77 Å². The van der Waals surface area contributed by atoms with Crippen LogP contribution in [-0.2, 0) is 26.3 Å². The van der Waals surface area contributed by atoms with Crippen molar-refractivity contribution in [3.8, 4) is 0 Å². The number of thiazole rings is 1. The fraction of sp³-hybridized carbons (Fsp3) is 0.419. The van der Waals surface area contributed by atoms with Crippen molar-refractivity contribution in [2.24, 2.45) is 5.92 Å². The predicted octanol–water partition coefficient (Wildman–Crippen LogP) is 4.92. The van der Waals surface area contributed by atoms with E-state index in [1.807, 2.05) is 24.3 Å². The van der Waals surface area contributed by atoms with Crippen LogP contribution in [0.15, 0.2) is 58.4 Å². The Morgan fingerprint density at radius 1 is 0.953 bits per heavy atom. The van der Waals surface area contributed by atoms with Crippen LogP contribution >= 0.6 is 23.1 Å². The van der Waals surface area contributed by atoms with Crippen molar-refractivity contribution in [2.75, 3.05) is 18.0 Å². The molecule has 2 fully saturated rings. The Labute approximate surface area is 256 Å². The number of aromatic nitrogens is 1. The van der Waals surface area contributed by atoms with Crippen LogP contribution in [0.1, 0.15) is 62.0 Å². The topological polar surface area (TPSA) is 123 Å². The standard InChI is InChI=1S/C31H32N4O6S2/c1-31(2,3)19-9-7-18(8-10-19)23-24-25(28(38)34(27(24)37)20-11-13-21(14-12-20)35(40)41)42-29-26(23)43-30(39)33(29)17-22(36)32-15-5-4-6-16-32/h7-14,23-25H,4-6,15-17H2,1-3H3/t23-,24?,25?/m1/s1. The summed E-state index contributed by atoms with van der Waals surface area (Å²) in [5, 5.41) is 10.9. The van der Waals surface area contributed by atoms with Gasteiger partial charge < -0.3 is 4.90 Å². The minimum atomic E-state index is -0.826. The Kier molecular flexibility index (Phi) is 7.54. The molecule has 0 N–H and O–H groups in total. The van der Waals surface area contributed by atoms with Gasteiger partial charge in [-0.05, 0) is 47.9 Å². The number of nitro benzene ring substituents is 1. The number of hydrogen-bond donors (Lipinski definition) is 0. The number of benzene rings is 2. The van der Waals surface area contributed by atoms with Crippen molar-refractivity contribution in [3.63, 3.8) is 0 Å². The van der Waals surface area contributed by atoms with Gasteiger partial charge in [0.1, 0.15) is 11.8 Å². The average molecular weight is 621 g/mol. The number of imide groups is 1. The molecule has 1 aromatic heterocycles. The number of hydrogen-bond acceptors (Lipinski definition) is 8. The monoisotopic (exact) mass is 620 g/mol. The molecule has 3 aliphatic heterocycles. The SMILES string of the molecule is CC(C)(C)c1ccc([C@H]2c3sc(=O)n(CC(=O)N4CCCCC4)c3SC3C(=O)N(c4ccc([N+](=O)[O-])cc4)C(=O)C32)cc1. The normalized spacial score (nSPS) is 22.0. The third-order valence-corrected chi connectivity index (χ3v) is 11.1. The molecule has 2 aromatic carbocycles. The van der Waals surface area contributed by atoms with Gasteiger partial charge in [-0.25, -0.2) is 4.90 Å². The zero-order chi connectivity index (χ0) is 30.6. The number of piperidine rings is 1. The molecule has 3 amide bonds. The van der Waals surface area contributed by atoms with E-state index in [9.17, 15) is 29.3 Å². The molecule has 3 aromatic rings. The third kappa shape index (κ3) is 5.20. The first-order valence-corrected chi connectivity index (χ1v) is 16.1. The number of rotatable bonds is 5. The smallest absolute Gasteiger partial charge is 0.308 e. The van der Waals surface area contributed by atoms with Crippen LogP contribution in [-0.4, -0.2) is 50.5 Å². The summed E-state index contributed by atoms with van der Waals surface area (Å²) in [6, 6.07) is 13.3. The maximum absolute atomic E-state index is 14.1. The molecule has 0 spiro atoms. The van der Waals surface area contributed by atoms with Gasteiger partial charge in [0.2, 0.25) is 17.7 Å². The summed E-state index contributed by atoms with van der Waals surface area (Å²) in [6.07, 6.45) is 2.94. The first-order chi connectivity index (χ1) is 20.5. The highest BCUT2D eigenvalue weighted by atomic mass is 32.2. The lowest BCUT2D eigenvalue weighted by Gasteiger charge is -2.31. The zero-order valence-electron chi connectivity index (χ0n) is 24.1. The summed E-state index contributed by atoms with van der Waals surface area (Å²) in [7, 11) is 0. The van der Waals surface area contributed by atoms with E-state index in [4.69, 9.17) is 0 Å². The minimum Gasteiger partial charge on any atom is -0.341 e. The van der Waals surface area contributed by atoms with Gasteiger partial charge in [0.15, 0.2) is 0 Å². The van der Waals surface area contributed by atoms with Crippen molar-refractivity contribution in [2.45, 2.75) is 68.2 Å². The number of non-ortho nitro benzene ring substituents is 1. The van der Waals surface area contributed by atoms with Crippen molar-refractivity contribution >= 4 is 52.2 Å². The Balaban J connectivity index is 1.43. The molecule has 12 heteroatoms. The molecule has 0 radical (unpaired) electrons. The van der Waals surface area contributed by atoms with E-state index < -0.39 is 33.8 Å². The molecule has 224 valence electrons. The summed E-state index contributed by atoms with van der Waals surface area (Å²) >= 11 is 2.20. The lowest BCUT2D eigenvalue weighted by atomic mass is 9.81. The number of carbonyl (C=O) groups is 3. The van der Waals surface area contributed by atoms with E-state index in [1.54, 1.807) is 4.90 Å². The molecule has 3 atom stereocenters. The van der Waals surface area contributed by atoms with Gasteiger partial charge in [-0.3, -0.25) is 33.9 Å². The lowest BCUT2D eigenvalue weighted by molar-refractivity contribution is -0.384. The van der Waals surface area contributed by atoms with Crippen LogP contribution in [0.5, 0.6) is 0 Å². The number of thioether (sulfide) groups is 1. The Bertz CT molecular complexity index is 1670. The van der Waals surface area contributed by atoms with E-state index in [-0.39, 0.29) is 34.1 Å². The third-order valence-electron chi connectivity index (χ3n) is 8.51. The van der Waals surface area contributed by atoms with Gasteiger partial charge in [-0.2, -0.15) is 0 Å². The van der Waals surface area contributed by atoms with Gasteiger partial charge in [-0.15, -0.1) is 0 Å². The lowest BCUT2D eigenvalue weighted by Crippen LogP contribution is -2.39. The molecule has 0 aliphatic carbocycles. The van der Waals surface area contributed by atoms with Crippen LogP contribution in [0.2, 0.25) is 0 Å². The first kappa shape index (κ1) is 29.3. The molecule has 2 unspecified atom stereocenters. The molecular weight excluding hydrogens is 588 g/mol.